The van der Waals surface area contributed by atoms with Gasteiger partial charge in [-0.05, 0) is 24.6 Å². The molecule has 0 bridgehead atoms. The first-order chi connectivity index (χ1) is 7.53. The number of carboxylic acid groups (broad SMARTS) is 1. The summed E-state index contributed by atoms with van der Waals surface area (Å²) in [5, 5.41) is 9.39. The van der Waals surface area contributed by atoms with Crippen LogP contribution in [0.5, 0.6) is 0 Å². The van der Waals surface area contributed by atoms with E-state index in [0.29, 0.717) is 0 Å². The molecule has 0 aromatic carbocycles. The molecule has 1 aliphatic heterocycles. The molecule has 0 aliphatic carbocycles. The predicted octanol–water partition coefficient (Wildman–Crippen LogP) is 2.17. The lowest BCUT2D eigenvalue weighted by atomic mass is 9.76. The van der Waals surface area contributed by atoms with Crippen molar-refractivity contribution in [2.24, 2.45) is 11.3 Å². The molecule has 0 aromatic rings. The molecule has 94 valence electrons. The zero-order valence-electron chi connectivity index (χ0n) is 10.5. The minimum Gasteiger partial charge on any atom is -0.481 e. The second kappa shape index (κ2) is 5.92. The summed E-state index contributed by atoms with van der Waals surface area (Å²) in [4.78, 5) is 13.7. The Morgan fingerprint density at radius 2 is 2.25 bits per heavy atom. The number of carboxylic acids is 1. The summed E-state index contributed by atoms with van der Waals surface area (Å²) in [7, 11) is 0. The van der Waals surface area contributed by atoms with Crippen LogP contribution in [0.2, 0.25) is 0 Å². The molecule has 0 saturated carbocycles. The lowest BCUT2D eigenvalue weighted by Gasteiger charge is -2.28. The molecule has 1 saturated heterocycles. The average molecular weight is 245 g/mol. The SMILES string of the molecule is CCSCCN1CCC(C(=O)O)(C(C)C)C1. The van der Waals surface area contributed by atoms with Gasteiger partial charge in [-0.25, -0.2) is 0 Å². The van der Waals surface area contributed by atoms with E-state index in [9.17, 15) is 9.90 Å². The highest BCUT2D eigenvalue weighted by molar-refractivity contribution is 7.99. The lowest BCUT2D eigenvalue weighted by molar-refractivity contribution is -0.150. The number of likely N-dealkylation sites (tertiary alicyclic amines) is 1. The molecular formula is C12H23NO2S. The Morgan fingerprint density at radius 1 is 1.56 bits per heavy atom. The van der Waals surface area contributed by atoms with Crippen molar-refractivity contribution in [2.45, 2.75) is 27.2 Å². The van der Waals surface area contributed by atoms with Crippen molar-refractivity contribution < 1.29 is 9.90 Å². The van der Waals surface area contributed by atoms with Crippen LogP contribution in [-0.2, 0) is 4.79 Å². The fourth-order valence-electron chi connectivity index (χ4n) is 2.34. The monoisotopic (exact) mass is 245 g/mol. The van der Waals surface area contributed by atoms with E-state index in [1.54, 1.807) is 0 Å². The van der Waals surface area contributed by atoms with Gasteiger partial charge in [-0.1, -0.05) is 20.8 Å². The van der Waals surface area contributed by atoms with Crippen LogP contribution >= 0.6 is 11.8 Å². The molecule has 1 atom stereocenters. The highest BCUT2D eigenvalue weighted by atomic mass is 32.2. The van der Waals surface area contributed by atoms with Crippen LogP contribution in [-0.4, -0.2) is 47.1 Å². The smallest absolute Gasteiger partial charge is 0.311 e. The largest absolute Gasteiger partial charge is 0.481 e. The molecule has 1 unspecified atom stereocenters. The summed E-state index contributed by atoms with van der Waals surface area (Å²) in [6.45, 7) is 8.90. The Bertz CT molecular complexity index is 245. The second-order valence-corrected chi connectivity index (χ2v) is 6.23. The van der Waals surface area contributed by atoms with Gasteiger partial charge in [0, 0.05) is 18.8 Å². The summed E-state index contributed by atoms with van der Waals surface area (Å²) in [5.74, 6) is 1.86. The number of carbonyl (C=O) groups is 1. The molecule has 16 heavy (non-hydrogen) atoms. The summed E-state index contributed by atoms with van der Waals surface area (Å²) >= 11 is 1.92. The molecule has 0 amide bonds. The van der Waals surface area contributed by atoms with Gasteiger partial charge in [0.2, 0.25) is 0 Å². The molecule has 3 nitrogen and oxygen atoms in total. The van der Waals surface area contributed by atoms with E-state index in [0.717, 1.165) is 37.6 Å². The van der Waals surface area contributed by atoms with E-state index < -0.39 is 11.4 Å². The standard InChI is InChI=1S/C12H23NO2S/c1-4-16-8-7-13-6-5-12(9-13,10(2)3)11(14)15/h10H,4-9H2,1-3H3,(H,14,15). The van der Waals surface area contributed by atoms with Gasteiger partial charge in [0.1, 0.15) is 0 Å². The van der Waals surface area contributed by atoms with Crippen LogP contribution in [0.25, 0.3) is 0 Å². The van der Waals surface area contributed by atoms with Crippen molar-refractivity contribution in [3.63, 3.8) is 0 Å². The van der Waals surface area contributed by atoms with Crippen LogP contribution in [0.3, 0.4) is 0 Å². The number of thioether (sulfide) groups is 1. The summed E-state index contributed by atoms with van der Waals surface area (Å²) < 4.78 is 0. The topological polar surface area (TPSA) is 40.5 Å². The zero-order chi connectivity index (χ0) is 12.2. The first kappa shape index (κ1) is 13.8. The predicted molar refractivity (Wildman–Crippen MR) is 69.0 cm³/mol. The molecule has 1 rings (SSSR count). The van der Waals surface area contributed by atoms with Crippen molar-refractivity contribution in [1.82, 2.24) is 4.90 Å². The van der Waals surface area contributed by atoms with Crippen LogP contribution in [0.1, 0.15) is 27.2 Å². The Morgan fingerprint density at radius 3 is 2.69 bits per heavy atom. The maximum atomic E-state index is 11.4. The Kier molecular flexibility index (Phi) is 5.12. The molecule has 1 aliphatic rings. The molecule has 0 radical (unpaired) electrons. The van der Waals surface area contributed by atoms with Gasteiger partial charge in [-0.15, -0.1) is 0 Å². The van der Waals surface area contributed by atoms with E-state index in [4.69, 9.17) is 0 Å². The number of hydrogen-bond donors (Lipinski definition) is 1. The summed E-state index contributed by atoms with van der Waals surface area (Å²) in [6.07, 6.45) is 0.802. The maximum absolute atomic E-state index is 11.4. The van der Waals surface area contributed by atoms with Crippen molar-refractivity contribution in [3.8, 4) is 0 Å². The number of aliphatic carboxylic acids is 1. The molecule has 1 N–H and O–H groups in total. The van der Waals surface area contributed by atoms with Gasteiger partial charge in [-0.3, -0.25) is 4.79 Å². The van der Waals surface area contributed by atoms with E-state index >= 15 is 0 Å². The fraction of sp³-hybridized carbons (Fsp3) is 0.917. The number of hydrogen-bond acceptors (Lipinski definition) is 3. The highest BCUT2D eigenvalue weighted by Gasteiger charge is 2.46. The van der Waals surface area contributed by atoms with Crippen LogP contribution in [0.15, 0.2) is 0 Å². The molecule has 4 heteroatoms. The van der Waals surface area contributed by atoms with Crippen molar-refractivity contribution >= 4 is 17.7 Å². The Labute approximate surface area is 103 Å². The zero-order valence-corrected chi connectivity index (χ0v) is 11.3. The number of rotatable bonds is 6. The van der Waals surface area contributed by atoms with Crippen LogP contribution in [0.4, 0.5) is 0 Å². The first-order valence-electron chi connectivity index (χ1n) is 6.06. The first-order valence-corrected chi connectivity index (χ1v) is 7.22. The quantitative estimate of drug-likeness (QED) is 0.728. The molecule has 0 spiro atoms. The minimum absolute atomic E-state index is 0.217. The summed E-state index contributed by atoms with van der Waals surface area (Å²) in [5.41, 5.74) is -0.503. The fourth-order valence-corrected chi connectivity index (χ4v) is 3.01. The Hall–Kier alpha value is -0.220. The van der Waals surface area contributed by atoms with E-state index in [1.807, 2.05) is 25.6 Å². The van der Waals surface area contributed by atoms with E-state index in [-0.39, 0.29) is 5.92 Å². The van der Waals surface area contributed by atoms with Gasteiger partial charge in [0.05, 0.1) is 5.41 Å². The lowest BCUT2D eigenvalue weighted by Crippen LogP contribution is -2.39. The third-order valence-electron chi connectivity index (χ3n) is 3.67. The molecule has 1 heterocycles. The molecule has 1 fully saturated rings. The highest BCUT2D eigenvalue weighted by Crippen LogP contribution is 2.38. The van der Waals surface area contributed by atoms with Crippen LogP contribution in [0, 0.1) is 11.3 Å². The maximum Gasteiger partial charge on any atom is 0.311 e. The third kappa shape index (κ3) is 2.92. The van der Waals surface area contributed by atoms with Crippen molar-refractivity contribution in [2.75, 3.05) is 31.1 Å². The van der Waals surface area contributed by atoms with Crippen molar-refractivity contribution in [1.29, 1.82) is 0 Å². The second-order valence-electron chi connectivity index (χ2n) is 4.84. The van der Waals surface area contributed by atoms with Gasteiger partial charge in [0.15, 0.2) is 0 Å². The van der Waals surface area contributed by atoms with E-state index in [2.05, 4.69) is 11.8 Å². The van der Waals surface area contributed by atoms with Gasteiger partial charge < -0.3 is 10.0 Å². The third-order valence-corrected chi connectivity index (χ3v) is 4.55. The molecule has 0 aromatic heterocycles. The Balaban J connectivity index is 2.51. The number of nitrogens with zero attached hydrogens (tertiary/aromatic N) is 1. The van der Waals surface area contributed by atoms with Gasteiger partial charge in [0.25, 0.3) is 0 Å². The van der Waals surface area contributed by atoms with Gasteiger partial charge >= 0.3 is 5.97 Å². The van der Waals surface area contributed by atoms with Crippen molar-refractivity contribution in [3.05, 3.63) is 0 Å². The summed E-state index contributed by atoms with van der Waals surface area (Å²) in [6, 6.07) is 0. The van der Waals surface area contributed by atoms with Gasteiger partial charge in [-0.2, -0.15) is 11.8 Å². The normalized spacial score (nSPS) is 26.5. The van der Waals surface area contributed by atoms with E-state index in [1.165, 1.54) is 0 Å². The van der Waals surface area contributed by atoms with Crippen LogP contribution < -0.4 is 0 Å². The minimum atomic E-state index is -0.617. The average Bonchev–Trinajstić information content (AvgIpc) is 2.64. The molecular weight excluding hydrogens is 222 g/mol.